The van der Waals surface area contributed by atoms with Crippen molar-refractivity contribution in [1.82, 2.24) is 14.7 Å². The Bertz CT molecular complexity index is 793. The van der Waals surface area contributed by atoms with E-state index >= 15 is 0 Å². The van der Waals surface area contributed by atoms with Crippen molar-refractivity contribution in [2.75, 3.05) is 7.11 Å². The molecule has 112 valence electrons. The van der Waals surface area contributed by atoms with E-state index in [0.717, 1.165) is 11.6 Å². The first kappa shape index (κ1) is 14.1. The summed E-state index contributed by atoms with van der Waals surface area (Å²) in [6.45, 7) is 0.196. The maximum absolute atomic E-state index is 14.2. The van der Waals surface area contributed by atoms with E-state index < -0.39 is 17.8 Å². The molecule has 0 radical (unpaired) electrons. The van der Waals surface area contributed by atoms with E-state index in [4.69, 9.17) is 4.74 Å². The quantitative estimate of drug-likeness (QED) is 0.866. The fourth-order valence-electron chi connectivity index (χ4n) is 2.64. The van der Waals surface area contributed by atoms with Gasteiger partial charge >= 0.3 is 0 Å². The highest BCUT2D eigenvalue weighted by atomic mass is 19.1. The van der Waals surface area contributed by atoms with Gasteiger partial charge in [0.1, 0.15) is 17.6 Å². The molecule has 0 saturated heterocycles. The molecule has 0 spiro atoms. The molecule has 0 N–H and O–H groups in total. The van der Waals surface area contributed by atoms with Gasteiger partial charge in [-0.2, -0.15) is 10.4 Å². The molecule has 1 atom stereocenters. The molecule has 0 saturated carbocycles. The summed E-state index contributed by atoms with van der Waals surface area (Å²) in [7, 11) is 3.17. The van der Waals surface area contributed by atoms with Crippen molar-refractivity contribution in [3.05, 3.63) is 47.0 Å². The Morgan fingerprint density at radius 2 is 2.27 bits per heavy atom. The number of benzene rings is 1. The maximum Gasteiger partial charge on any atom is 0.258 e. The van der Waals surface area contributed by atoms with Gasteiger partial charge in [-0.05, 0) is 6.07 Å². The van der Waals surface area contributed by atoms with Crippen molar-refractivity contribution in [2.45, 2.75) is 12.6 Å². The van der Waals surface area contributed by atoms with E-state index in [2.05, 4.69) is 11.2 Å². The van der Waals surface area contributed by atoms with Crippen molar-refractivity contribution >= 4 is 5.91 Å². The fourth-order valence-corrected chi connectivity index (χ4v) is 2.64. The van der Waals surface area contributed by atoms with Crippen LogP contribution in [0.1, 0.15) is 27.5 Å². The van der Waals surface area contributed by atoms with Crippen LogP contribution in [0.5, 0.6) is 5.75 Å². The Morgan fingerprint density at radius 1 is 1.50 bits per heavy atom. The molecular formula is C15H13FN4O2. The molecule has 0 aliphatic carbocycles. The molecule has 1 aromatic heterocycles. The lowest BCUT2D eigenvalue weighted by atomic mass is 10.0. The van der Waals surface area contributed by atoms with Gasteiger partial charge in [0.05, 0.1) is 31.5 Å². The molecular weight excluding hydrogens is 287 g/mol. The molecule has 1 amide bonds. The average Bonchev–Trinajstić information content (AvgIpc) is 3.01. The van der Waals surface area contributed by atoms with Crippen LogP contribution >= 0.6 is 0 Å². The van der Waals surface area contributed by atoms with Crippen molar-refractivity contribution < 1.29 is 13.9 Å². The fraction of sp³-hybridized carbons (Fsp3) is 0.267. The van der Waals surface area contributed by atoms with Crippen LogP contribution in [0, 0.1) is 17.1 Å². The van der Waals surface area contributed by atoms with Crippen LogP contribution in [0.4, 0.5) is 4.39 Å². The van der Waals surface area contributed by atoms with Crippen LogP contribution in [0.15, 0.2) is 24.5 Å². The summed E-state index contributed by atoms with van der Waals surface area (Å²) in [6.07, 6.45) is 3.36. The van der Waals surface area contributed by atoms with Crippen LogP contribution in [0.2, 0.25) is 0 Å². The third-order valence-corrected chi connectivity index (χ3v) is 3.64. The number of ether oxygens (including phenoxy) is 1. The SMILES string of the molecule is COc1cc(F)c2c(c1)C(C#N)N(Cc1cnn(C)c1)C2=O. The third-order valence-electron chi connectivity index (χ3n) is 3.64. The summed E-state index contributed by atoms with van der Waals surface area (Å²) >= 11 is 0. The molecule has 0 fully saturated rings. The number of carbonyl (C=O) groups is 1. The highest BCUT2D eigenvalue weighted by molar-refractivity contribution is 6.00. The normalized spacial score (nSPS) is 16.5. The number of aromatic nitrogens is 2. The molecule has 3 rings (SSSR count). The molecule has 1 aromatic carbocycles. The molecule has 7 heteroatoms. The van der Waals surface area contributed by atoms with E-state index in [0.29, 0.717) is 5.56 Å². The first-order valence-corrected chi connectivity index (χ1v) is 6.60. The summed E-state index contributed by atoms with van der Waals surface area (Å²) < 4.78 is 20.8. The average molecular weight is 300 g/mol. The molecule has 1 unspecified atom stereocenters. The minimum atomic E-state index is -0.840. The summed E-state index contributed by atoms with van der Waals surface area (Å²) in [5.41, 5.74) is 1.06. The smallest absolute Gasteiger partial charge is 0.258 e. The van der Waals surface area contributed by atoms with Gasteiger partial charge < -0.3 is 9.64 Å². The molecule has 2 aromatic rings. The van der Waals surface area contributed by atoms with Gasteiger partial charge in [0.2, 0.25) is 0 Å². The number of rotatable bonds is 3. The lowest BCUT2D eigenvalue weighted by Crippen LogP contribution is -2.26. The van der Waals surface area contributed by atoms with E-state index in [1.165, 1.54) is 18.1 Å². The predicted octanol–water partition coefficient (Wildman–Crippen LogP) is 1.79. The summed E-state index contributed by atoms with van der Waals surface area (Å²) in [6, 6.07) is 3.91. The van der Waals surface area contributed by atoms with Gasteiger partial charge in [0, 0.05) is 30.4 Å². The number of aryl methyl sites for hydroxylation is 1. The molecule has 0 bridgehead atoms. The molecule has 1 aliphatic rings. The van der Waals surface area contributed by atoms with Gasteiger partial charge in [0.25, 0.3) is 5.91 Å². The van der Waals surface area contributed by atoms with E-state index in [9.17, 15) is 14.4 Å². The molecule has 2 heterocycles. The Labute approximate surface area is 126 Å². The number of hydrogen-bond donors (Lipinski definition) is 0. The van der Waals surface area contributed by atoms with Crippen molar-refractivity contribution in [3.8, 4) is 11.8 Å². The Morgan fingerprint density at radius 3 is 2.86 bits per heavy atom. The summed E-state index contributed by atoms with van der Waals surface area (Å²) in [5.74, 6) is -0.883. The second-order valence-corrected chi connectivity index (χ2v) is 5.06. The number of nitrogens with zero attached hydrogens (tertiary/aromatic N) is 4. The van der Waals surface area contributed by atoms with E-state index in [1.54, 1.807) is 24.1 Å². The van der Waals surface area contributed by atoms with E-state index in [-0.39, 0.29) is 17.9 Å². The predicted molar refractivity (Wildman–Crippen MR) is 74.4 cm³/mol. The summed E-state index contributed by atoms with van der Waals surface area (Å²) in [4.78, 5) is 13.8. The topological polar surface area (TPSA) is 71.2 Å². The van der Waals surface area contributed by atoms with Gasteiger partial charge in [-0.15, -0.1) is 0 Å². The maximum atomic E-state index is 14.2. The number of hydrogen-bond acceptors (Lipinski definition) is 4. The second-order valence-electron chi connectivity index (χ2n) is 5.06. The number of amides is 1. The van der Waals surface area contributed by atoms with Gasteiger partial charge in [-0.25, -0.2) is 4.39 Å². The van der Waals surface area contributed by atoms with Crippen LogP contribution in [-0.4, -0.2) is 27.7 Å². The van der Waals surface area contributed by atoms with Crippen molar-refractivity contribution in [1.29, 1.82) is 5.26 Å². The number of halogens is 1. The number of fused-ring (bicyclic) bond motifs is 1. The molecule has 1 aliphatic heterocycles. The second kappa shape index (κ2) is 5.15. The molecule has 6 nitrogen and oxygen atoms in total. The Balaban J connectivity index is 2.02. The zero-order valence-corrected chi connectivity index (χ0v) is 12.1. The monoisotopic (exact) mass is 300 g/mol. The highest BCUT2D eigenvalue weighted by Gasteiger charge is 2.39. The number of carbonyl (C=O) groups excluding carboxylic acids is 1. The zero-order chi connectivity index (χ0) is 15.9. The molecule has 22 heavy (non-hydrogen) atoms. The van der Waals surface area contributed by atoms with Crippen LogP contribution < -0.4 is 4.74 Å². The number of methoxy groups -OCH3 is 1. The van der Waals surface area contributed by atoms with Crippen LogP contribution in [0.3, 0.4) is 0 Å². The first-order valence-electron chi connectivity index (χ1n) is 6.60. The minimum absolute atomic E-state index is 0.0590. The van der Waals surface area contributed by atoms with E-state index in [1.807, 2.05) is 0 Å². The van der Waals surface area contributed by atoms with Crippen LogP contribution in [-0.2, 0) is 13.6 Å². The standard InChI is InChI=1S/C15H13FN4O2/c1-19-7-9(6-18-19)8-20-13(5-17)11-3-10(22-2)4-12(16)14(11)15(20)21/h3-4,6-7,13H,8H2,1-2H3. The van der Waals surface area contributed by atoms with Crippen molar-refractivity contribution in [2.24, 2.45) is 7.05 Å². The lowest BCUT2D eigenvalue weighted by molar-refractivity contribution is 0.0741. The Hall–Kier alpha value is -2.88. The van der Waals surface area contributed by atoms with Gasteiger partial charge in [-0.3, -0.25) is 9.48 Å². The van der Waals surface area contributed by atoms with Gasteiger partial charge in [-0.1, -0.05) is 0 Å². The summed E-state index contributed by atoms with van der Waals surface area (Å²) in [5, 5.41) is 13.4. The first-order chi connectivity index (χ1) is 10.5. The third kappa shape index (κ3) is 2.09. The van der Waals surface area contributed by atoms with Crippen LogP contribution in [0.25, 0.3) is 0 Å². The largest absolute Gasteiger partial charge is 0.497 e. The lowest BCUT2D eigenvalue weighted by Gasteiger charge is -2.19. The van der Waals surface area contributed by atoms with Gasteiger partial charge in [0.15, 0.2) is 0 Å². The van der Waals surface area contributed by atoms with Crippen molar-refractivity contribution in [3.63, 3.8) is 0 Å². The zero-order valence-electron chi connectivity index (χ0n) is 12.1. The Kier molecular flexibility index (Phi) is 3.29. The highest BCUT2D eigenvalue weighted by Crippen LogP contribution is 2.38. The number of nitriles is 1. The minimum Gasteiger partial charge on any atom is -0.497 e.